The lowest BCUT2D eigenvalue weighted by Gasteiger charge is -2.26. The maximum atomic E-state index is 2.34. The third kappa shape index (κ3) is 5.39. The Labute approximate surface area is 214 Å². The predicted octanol–water partition coefficient (Wildman–Crippen LogP) is 8.79. The molecule has 0 spiro atoms. The van der Waals surface area contributed by atoms with Crippen LogP contribution in [0.5, 0.6) is 0 Å². The predicted molar refractivity (Wildman–Crippen MR) is 154 cm³/mol. The Morgan fingerprint density at radius 2 is 1.19 bits per heavy atom. The van der Waals surface area contributed by atoms with Gasteiger partial charge in [-0.05, 0) is 89.3 Å². The molecule has 4 aromatic carbocycles. The maximum Gasteiger partial charge on any atom is 0.169 e. The number of nitrogens with zero attached hydrogens (tertiary/aromatic N) is 2. The monoisotopic (exact) mass is 469 g/mol. The number of pyridine rings is 1. The number of benzene rings is 4. The van der Waals surface area contributed by atoms with E-state index >= 15 is 0 Å². The van der Waals surface area contributed by atoms with Crippen LogP contribution in [-0.4, -0.2) is 0 Å². The summed E-state index contributed by atoms with van der Waals surface area (Å²) in [5, 5.41) is 2.47. The minimum Gasteiger partial charge on any atom is -0.310 e. The summed E-state index contributed by atoms with van der Waals surface area (Å²) in [4.78, 5) is 2.34. The standard InChI is InChI=1S/C34H33N2/c1-4-19-35-20-17-28(18-21-35)11-12-29-13-14-31-25-34(16-15-30(31)24-29)36(32-9-5-7-26(2)22-32)33-10-6-8-27(3)23-33/h5-18,20-25H,4,19H2,1-3H3/q+1. The van der Waals surface area contributed by atoms with Crippen molar-refractivity contribution in [1.29, 1.82) is 0 Å². The van der Waals surface area contributed by atoms with Crippen molar-refractivity contribution in [2.24, 2.45) is 0 Å². The molecule has 1 aromatic heterocycles. The number of hydrogen-bond acceptors (Lipinski definition) is 1. The average molecular weight is 470 g/mol. The normalized spacial score (nSPS) is 11.3. The summed E-state index contributed by atoms with van der Waals surface area (Å²) in [7, 11) is 0. The van der Waals surface area contributed by atoms with Crippen molar-refractivity contribution in [3.8, 4) is 0 Å². The van der Waals surface area contributed by atoms with Crippen LogP contribution in [0.15, 0.2) is 109 Å². The zero-order chi connectivity index (χ0) is 24.9. The Kier molecular flexibility index (Phi) is 6.95. The highest BCUT2D eigenvalue weighted by Gasteiger charge is 2.13. The largest absolute Gasteiger partial charge is 0.310 e. The Morgan fingerprint density at radius 3 is 1.83 bits per heavy atom. The van der Waals surface area contributed by atoms with Crippen molar-refractivity contribution in [2.75, 3.05) is 4.90 Å². The number of fused-ring (bicyclic) bond motifs is 1. The second kappa shape index (κ2) is 10.6. The van der Waals surface area contributed by atoms with Crippen LogP contribution >= 0.6 is 0 Å². The smallest absolute Gasteiger partial charge is 0.169 e. The Bertz CT molecular complexity index is 1470. The van der Waals surface area contributed by atoms with Gasteiger partial charge in [0.2, 0.25) is 0 Å². The Balaban J connectivity index is 1.47. The van der Waals surface area contributed by atoms with Crippen LogP contribution in [0.2, 0.25) is 0 Å². The van der Waals surface area contributed by atoms with E-state index in [1.54, 1.807) is 0 Å². The van der Waals surface area contributed by atoms with Gasteiger partial charge in [-0.1, -0.05) is 61.5 Å². The Morgan fingerprint density at radius 1 is 0.611 bits per heavy atom. The summed E-state index contributed by atoms with van der Waals surface area (Å²) in [5.41, 5.74) is 8.42. The summed E-state index contributed by atoms with van der Waals surface area (Å²) in [6.07, 6.45) is 9.83. The van der Waals surface area contributed by atoms with Gasteiger partial charge in [-0.3, -0.25) is 0 Å². The molecule has 0 aliphatic heterocycles. The van der Waals surface area contributed by atoms with Gasteiger partial charge < -0.3 is 4.90 Å². The van der Waals surface area contributed by atoms with E-state index in [2.05, 4.69) is 152 Å². The molecule has 36 heavy (non-hydrogen) atoms. The van der Waals surface area contributed by atoms with Gasteiger partial charge in [-0.2, -0.15) is 0 Å². The highest BCUT2D eigenvalue weighted by atomic mass is 15.1. The number of aryl methyl sites for hydroxylation is 3. The highest BCUT2D eigenvalue weighted by Crippen LogP contribution is 2.36. The van der Waals surface area contributed by atoms with Crippen molar-refractivity contribution < 1.29 is 4.57 Å². The molecule has 0 N–H and O–H groups in total. The van der Waals surface area contributed by atoms with Gasteiger partial charge in [0.1, 0.15) is 6.54 Å². The minimum absolute atomic E-state index is 1.06. The topological polar surface area (TPSA) is 7.12 Å². The van der Waals surface area contributed by atoms with E-state index < -0.39 is 0 Å². The molecule has 5 rings (SSSR count). The van der Waals surface area contributed by atoms with Gasteiger partial charge in [0.15, 0.2) is 12.4 Å². The van der Waals surface area contributed by atoms with Crippen LogP contribution in [0.1, 0.15) is 35.6 Å². The molecule has 0 atom stereocenters. The zero-order valence-electron chi connectivity index (χ0n) is 21.4. The molecule has 2 nitrogen and oxygen atoms in total. The molecule has 0 saturated carbocycles. The van der Waals surface area contributed by atoms with Gasteiger partial charge in [-0.25, -0.2) is 4.57 Å². The fourth-order valence-electron chi connectivity index (χ4n) is 4.66. The summed E-state index contributed by atoms with van der Waals surface area (Å²) in [5.74, 6) is 0. The first-order valence-electron chi connectivity index (χ1n) is 12.7. The number of rotatable bonds is 7. The zero-order valence-corrected chi connectivity index (χ0v) is 21.4. The lowest BCUT2D eigenvalue weighted by atomic mass is 10.0. The molecule has 5 aromatic rings. The quantitative estimate of drug-likeness (QED) is 0.216. The molecule has 178 valence electrons. The lowest BCUT2D eigenvalue weighted by molar-refractivity contribution is -0.697. The van der Waals surface area contributed by atoms with Crippen molar-refractivity contribution in [2.45, 2.75) is 33.7 Å². The third-order valence-corrected chi connectivity index (χ3v) is 6.49. The molecule has 0 aliphatic carbocycles. The summed E-state index contributed by atoms with van der Waals surface area (Å²) in [6.45, 7) is 7.55. The molecular weight excluding hydrogens is 436 g/mol. The van der Waals surface area contributed by atoms with Crippen molar-refractivity contribution in [1.82, 2.24) is 0 Å². The van der Waals surface area contributed by atoms with Crippen LogP contribution in [0.3, 0.4) is 0 Å². The highest BCUT2D eigenvalue weighted by molar-refractivity contribution is 5.91. The molecule has 0 saturated heterocycles. The van der Waals surface area contributed by atoms with E-state index in [1.165, 1.54) is 44.4 Å². The first kappa shape index (κ1) is 23.6. The van der Waals surface area contributed by atoms with Crippen LogP contribution < -0.4 is 9.47 Å². The van der Waals surface area contributed by atoms with E-state index in [-0.39, 0.29) is 0 Å². The van der Waals surface area contributed by atoms with Crippen molar-refractivity contribution in [3.05, 3.63) is 132 Å². The summed E-state index contributed by atoms with van der Waals surface area (Å²) < 4.78 is 2.22. The first-order chi connectivity index (χ1) is 17.6. The molecule has 0 aliphatic rings. The van der Waals surface area contributed by atoms with E-state index in [1.807, 2.05) is 0 Å². The summed E-state index contributed by atoms with van der Waals surface area (Å²) >= 11 is 0. The molecule has 2 heteroatoms. The van der Waals surface area contributed by atoms with Crippen LogP contribution in [0, 0.1) is 13.8 Å². The van der Waals surface area contributed by atoms with Crippen LogP contribution in [-0.2, 0) is 6.54 Å². The molecule has 0 unspecified atom stereocenters. The molecule has 0 amide bonds. The fourth-order valence-corrected chi connectivity index (χ4v) is 4.66. The Hall–Kier alpha value is -4.17. The molecule has 1 heterocycles. The van der Waals surface area contributed by atoms with Crippen molar-refractivity contribution in [3.63, 3.8) is 0 Å². The van der Waals surface area contributed by atoms with Gasteiger partial charge in [-0.15, -0.1) is 0 Å². The van der Waals surface area contributed by atoms with E-state index in [0.29, 0.717) is 0 Å². The van der Waals surface area contributed by atoms with Crippen LogP contribution in [0.25, 0.3) is 22.9 Å². The molecule has 0 fully saturated rings. The SMILES string of the molecule is CCC[n+]1ccc(/C=C/c2ccc3cc(N(c4cccc(C)c4)c4cccc(C)c4)ccc3c2)cc1. The van der Waals surface area contributed by atoms with Crippen LogP contribution in [0.4, 0.5) is 17.1 Å². The second-order valence-corrected chi connectivity index (χ2v) is 9.51. The maximum absolute atomic E-state index is 2.34. The van der Waals surface area contributed by atoms with E-state index in [0.717, 1.165) is 18.7 Å². The molecule has 0 radical (unpaired) electrons. The van der Waals surface area contributed by atoms with Gasteiger partial charge in [0, 0.05) is 35.6 Å². The second-order valence-electron chi connectivity index (χ2n) is 9.51. The lowest BCUT2D eigenvalue weighted by Crippen LogP contribution is -2.31. The fraction of sp³-hybridized carbons (Fsp3) is 0.147. The molecule has 0 bridgehead atoms. The van der Waals surface area contributed by atoms with Gasteiger partial charge in [0.05, 0.1) is 0 Å². The number of anilines is 3. The van der Waals surface area contributed by atoms with Crippen molar-refractivity contribution >= 4 is 40.0 Å². The third-order valence-electron chi connectivity index (χ3n) is 6.49. The summed E-state index contributed by atoms with van der Waals surface area (Å²) in [6, 6.07) is 35.2. The number of aromatic nitrogens is 1. The van der Waals surface area contributed by atoms with E-state index in [9.17, 15) is 0 Å². The van der Waals surface area contributed by atoms with Gasteiger partial charge in [0.25, 0.3) is 0 Å². The number of hydrogen-bond donors (Lipinski definition) is 0. The average Bonchev–Trinajstić information content (AvgIpc) is 2.89. The molecular formula is C34H33N2+. The van der Waals surface area contributed by atoms with E-state index in [4.69, 9.17) is 0 Å². The minimum atomic E-state index is 1.06. The first-order valence-corrected chi connectivity index (χ1v) is 12.7. The van der Waals surface area contributed by atoms with Gasteiger partial charge >= 0.3 is 0 Å².